The van der Waals surface area contributed by atoms with Crippen molar-refractivity contribution >= 4 is 16.8 Å². The van der Waals surface area contributed by atoms with Crippen molar-refractivity contribution < 1.29 is 9.53 Å². The molecule has 2 unspecified atom stereocenters. The third-order valence-electron chi connectivity index (χ3n) is 5.32. The first-order valence-electron chi connectivity index (χ1n) is 9.60. The number of hydrogen-bond donors (Lipinski definition) is 2. The SMILES string of the molecule is O=C(CCCc1c[nH]c2ccccc12)NC1COCC1Cc1ccncc1. The number of nitrogens with one attached hydrogen (secondary N) is 2. The predicted molar refractivity (Wildman–Crippen MR) is 105 cm³/mol. The number of para-hydroxylation sites is 1. The Kier molecular flexibility index (Phi) is 5.49. The van der Waals surface area contributed by atoms with E-state index in [0.29, 0.717) is 25.6 Å². The van der Waals surface area contributed by atoms with Gasteiger partial charge in [-0.05, 0) is 48.6 Å². The van der Waals surface area contributed by atoms with Gasteiger partial charge >= 0.3 is 0 Å². The van der Waals surface area contributed by atoms with Crippen molar-refractivity contribution in [2.75, 3.05) is 13.2 Å². The van der Waals surface area contributed by atoms with E-state index in [9.17, 15) is 4.79 Å². The molecular formula is C22H25N3O2. The minimum atomic E-state index is 0.0961. The third kappa shape index (κ3) is 4.37. The maximum atomic E-state index is 12.4. The topological polar surface area (TPSA) is 67.0 Å². The van der Waals surface area contributed by atoms with Gasteiger partial charge in [-0.25, -0.2) is 0 Å². The number of pyridine rings is 1. The molecule has 3 aromatic rings. The molecule has 1 aliphatic rings. The molecule has 1 fully saturated rings. The quantitative estimate of drug-likeness (QED) is 0.677. The van der Waals surface area contributed by atoms with Gasteiger partial charge in [0.1, 0.15) is 0 Å². The average Bonchev–Trinajstić information content (AvgIpc) is 3.30. The molecule has 2 N–H and O–H groups in total. The maximum Gasteiger partial charge on any atom is 0.220 e. The van der Waals surface area contributed by atoms with Crippen LogP contribution in [-0.2, 0) is 22.4 Å². The Morgan fingerprint density at radius 3 is 2.93 bits per heavy atom. The Hall–Kier alpha value is -2.66. The van der Waals surface area contributed by atoms with Crippen molar-refractivity contribution in [2.45, 2.75) is 31.7 Å². The number of ether oxygens (including phenoxy) is 1. The van der Waals surface area contributed by atoms with Crippen LogP contribution in [-0.4, -0.2) is 35.1 Å². The summed E-state index contributed by atoms with van der Waals surface area (Å²) in [5, 5.41) is 4.43. The highest BCUT2D eigenvalue weighted by atomic mass is 16.5. The highest BCUT2D eigenvalue weighted by molar-refractivity contribution is 5.83. The maximum absolute atomic E-state index is 12.4. The Labute approximate surface area is 159 Å². The second-order valence-electron chi connectivity index (χ2n) is 7.24. The van der Waals surface area contributed by atoms with E-state index in [0.717, 1.165) is 24.8 Å². The first-order valence-corrected chi connectivity index (χ1v) is 9.60. The largest absolute Gasteiger partial charge is 0.379 e. The number of fused-ring (bicyclic) bond motifs is 1. The summed E-state index contributed by atoms with van der Waals surface area (Å²) in [5.74, 6) is 0.440. The van der Waals surface area contributed by atoms with Crippen molar-refractivity contribution in [1.29, 1.82) is 0 Å². The molecule has 1 amide bonds. The summed E-state index contributed by atoms with van der Waals surface area (Å²) < 4.78 is 5.62. The number of hydrogen-bond acceptors (Lipinski definition) is 3. The molecule has 2 aromatic heterocycles. The van der Waals surface area contributed by atoms with Gasteiger partial charge in [-0.2, -0.15) is 0 Å². The third-order valence-corrected chi connectivity index (χ3v) is 5.32. The fourth-order valence-electron chi connectivity index (χ4n) is 3.84. The highest BCUT2D eigenvalue weighted by Crippen LogP contribution is 2.21. The predicted octanol–water partition coefficient (Wildman–Crippen LogP) is 3.26. The molecule has 2 atom stereocenters. The van der Waals surface area contributed by atoms with Crippen molar-refractivity contribution in [3.8, 4) is 0 Å². The first kappa shape index (κ1) is 17.7. The molecule has 140 valence electrons. The molecule has 0 bridgehead atoms. The van der Waals surface area contributed by atoms with Crippen molar-refractivity contribution in [2.24, 2.45) is 5.92 Å². The molecule has 0 saturated carbocycles. The molecule has 4 rings (SSSR count). The number of aromatic amines is 1. The van der Waals surface area contributed by atoms with E-state index in [-0.39, 0.29) is 11.9 Å². The standard InChI is InChI=1S/C22H25N3O2/c26-22(7-3-4-17-13-24-20-6-2-1-5-19(17)20)25-21-15-27-14-18(21)12-16-8-10-23-11-9-16/h1-2,5-6,8-11,13,18,21,24H,3-4,7,12,14-15H2,(H,25,26). The fourth-order valence-corrected chi connectivity index (χ4v) is 3.84. The lowest BCUT2D eigenvalue weighted by Crippen LogP contribution is -2.40. The minimum absolute atomic E-state index is 0.0961. The Morgan fingerprint density at radius 2 is 2.04 bits per heavy atom. The van der Waals surface area contributed by atoms with E-state index >= 15 is 0 Å². The summed E-state index contributed by atoms with van der Waals surface area (Å²) >= 11 is 0. The van der Waals surface area contributed by atoms with Gasteiger partial charge in [-0.3, -0.25) is 9.78 Å². The van der Waals surface area contributed by atoms with E-state index < -0.39 is 0 Å². The number of aromatic nitrogens is 2. The lowest BCUT2D eigenvalue weighted by atomic mass is 9.95. The van der Waals surface area contributed by atoms with Crippen LogP contribution < -0.4 is 5.32 Å². The van der Waals surface area contributed by atoms with Gasteiger partial charge in [-0.1, -0.05) is 18.2 Å². The molecule has 5 heteroatoms. The summed E-state index contributed by atoms with van der Waals surface area (Å²) in [4.78, 5) is 19.8. The monoisotopic (exact) mass is 363 g/mol. The molecule has 3 heterocycles. The molecule has 0 radical (unpaired) electrons. The second kappa shape index (κ2) is 8.35. The molecule has 27 heavy (non-hydrogen) atoms. The van der Waals surface area contributed by atoms with Crippen molar-refractivity contribution in [1.82, 2.24) is 15.3 Å². The van der Waals surface area contributed by atoms with Crippen molar-refractivity contribution in [3.63, 3.8) is 0 Å². The second-order valence-corrected chi connectivity index (χ2v) is 7.24. The van der Waals surface area contributed by atoms with Gasteiger partial charge in [0.05, 0.1) is 19.3 Å². The normalized spacial score (nSPS) is 19.4. The van der Waals surface area contributed by atoms with Crippen LogP contribution in [0, 0.1) is 5.92 Å². The Bertz CT molecular complexity index is 891. The van der Waals surface area contributed by atoms with Crippen LogP contribution >= 0.6 is 0 Å². The number of amides is 1. The minimum Gasteiger partial charge on any atom is -0.379 e. The van der Waals surface area contributed by atoms with Crippen LogP contribution in [0.4, 0.5) is 0 Å². The van der Waals surface area contributed by atoms with Crippen LogP contribution in [0.15, 0.2) is 55.0 Å². The summed E-state index contributed by atoms with van der Waals surface area (Å²) in [6.45, 7) is 1.30. The van der Waals surface area contributed by atoms with Crippen molar-refractivity contribution in [3.05, 3.63) is 66.1 Å². The zero-order chi connectivity index (χ0) is 18.5. The fraction of sp³-hybridized carbons (Fsp3) is 0.364. The summed E-state index contributed by atoms with van der Waals surface area (Å²) in [5.41, 5.74) is 3.66. The lowest BCUT2D eigenvalue weighted by molar-refractivity contribution is -0.122. The number of carbonyl (C=O) groups excluding carboxylic acids is 1. The van der Waals surface area contributed by atoms with E-state index in [2.05, 4.69) is 39.7 Å². The highest BCUT2D eigenvalue weighted by Gasteiger charge is 2.29. The van der Waals surface area contributed by atoms with Gasteiger partial charge in [0.15, 0.2) is 0 Å². The molecular weight excluding hydrogens is 338 g/mol. The first-order chi connectivity index (χ1) is 13.3. The van der Waals surface area contributed by atoms with Crippen LogP contribution in [0.1, 0.15) is 24.0 Å². The number of carbonyl (C=O) groups is 1. The summed E-state index contributed by atoms with van der Waals surface area (Å²) in [7, 11) is 0. The van der Waals surface area contributed by atoms with Crippen LogP contribution in [0.2, 0.25) is 0 Å². The van der Waals surface area contributed by atoms with E-state index in [1.54, 1.807) is 0 Å². The van der Waals surface area contributed by atoms with Crippen LogP contribution in [0.5, 0.6) is 0 Å². The molecule has 0 spiro atoms. The Morgan fingerprint density at radius 1 is 1.19 bits per heavy atom. The van der Waals surface area contributed by atoms with Gasteiger partial charge in [0.2, 0.25) is 5.91 Å². The lowest BCUT2D eigenvalue weighted by Gasteiger charge is -2.19. The van der Waals surface area contributed by atoms with E-state index in [1.165, 1.54) is 16.5 Å². The number of benzene rings is 1. The van der Waals surface area contributed by atoms with Gasteiger partial charge in [0.25, 0.3) is 0 Å². The molecule has 1 aromatic carbocycles. The molecule has 1 saturated heterocycles. The summed E-state index contributed by atoms with van der Waals surface area (Å²) in [6, 6.07) is 12.4. The average molecular weight is 363 g/mol. The Balaban J connectivity index is 1.26. The van der Waals surface area contributed by atoms with Gasteiger partial charge in [-0.15, -0.1) is 0 Å². The molecule has 5 nitrogen and oxygen atoms in total. The van der Waals surface area contributed by atoms with Crippen LogP contribution in [0.25, 0.3) is 10.9 Å². The van der Waals surface area contributed by atoms with Gasteiger partial charge in [0, 0.05) is 41.8 Å². The molecule has 1 aliphatic heterocycles. The molecule has 0 aliphatic carbocycles. The smallest absolute Gasteiger partial charge is 0.220 e. The zero-order valence-corrected chi connectivity index (χ0v) is 15.4. The number of aryl methyl sites for hydroxylation is 1. The number of rotatable bonds is 7. The summed E-state index contributed by atoms with van der Waals surface area (Å²) in [6.07, 6.45) is 8.86. The van der Waals surface area contributed by atoms with Gasteiger partial charge < -0.3 is 15.0 Å². The zero-order valence-electron chi connectivity index (χ0n) is 15.4. The van der Waals surface area contributed by atoms with Crippen LogP contribution in [0.3, 0.4) is 0 Å². The van der Waals surface area contributed by atoms with E-state index in [4.69, 9.17) is 4.74 Å². The van der Waals surface area contributed by atoms with E-state index in [1.807, 2.05) is 30.6 Å². The number of H-pyrrole nitrogens is 1. The number of nitrogens with zero attached hydrogens (tertiary/aromatic N) is 1.